The van der Waals surface area contributed by atoms with Gasteiger partial charge in [0, 0.05) is 5.56 Å². The lowest BCUT2D eigenvalue weighted by Gasteiger charge is -2.08. The molecule has 0 bridgehead atoms. The Labute approximate surface area is 127 Å². The number of rotatable bonds is 3. The van der Waals surface area contributed by atoms with Crippen LogP contribution in [0.5, 0.6) is 0 Å². The first kappa shape index (κ1) is 14.0. The first-order valence-electron chi connectivity index (χ1n) is 6.83. The van der Waals surface area contributed by atoms with Crippen LogP contribution in [0, 0.1) is 24.1 Å². The second-order valence-electron chi connectivity index (χ2n) is 5.02. The minimum Gasteiger partial charge on any atom is -0.239 e. The summed E-state index contributed by atoms with van der Waals surface area (Å²) in [5.41, 5.74) is 3.03. The molecule has 0 aliphatic carbocycles. The Morgan fingerprint density at radius 2 is 1.86 bits per heavy atom. The molecule has 5 heteroatoms. The van der Waals surface area contributed by atoms with Gasteiger partial charge in [0.25, 0.3) is 0 Å². The van der Waals surface area contributed by atoms with Crippen molar-refractivity contribution in [2.75, 3.05) is 0 Å². The summed E-state index contributed by atoms with van der Waals surface area (Å²) >= 11 is 0. The molecule has 0 atom stereocenters. The number of nitrogens with zero attached hydrogens (tertiary/aromatic N) is 4. The van der Waals surface area contributed by atoms with E-state index in [4.69, 9.17) is 0 Å². The van der Waals surface area contributed by atoms with Crippen molar-refractivity contribution < 1.29 is 4.39 Å². The van der Waals surface area contributed by atoms with Gasteiger partial charge < -0.3 is 0 Å². The van der Waals surface area contributed by atoms with Crippen molar-refractivity contribution in [3.05, 3.63) is 71.2 Å². The van der Waals surface area contributed by atoms with Gasteiger partial charge in [-0.25, -0.2) is 9.07 Å². The third-order valence-electron chi connectivity index (χ3n) is 3.42. The lowest BCUT2D eigenvalue weighted by molar-refractivity contribution is 0.620. The number of hydrogen-bond donors (Lipinski definition) is 0. The first-order valence-corrected chi connectivity index (χ1v) is 6.83. The van der Waals surface area contributed by atoms with E-state index in [0.717, 1.165) is 11.1 Å². The van der Waals surface area contributed by atoms with E-state index in [9.17, 15) is 9.65 Å². The summed E-state index contributed by atoms with van der Waals surface area (Å²) < 4.78 is 15.6. The zero-order valence-corrected chi connectivity index (χ0v) is 12.0. The SMILES string of the molecule is Cc1ccc(Cn2nnc(C#N)c2-c2ccccc2F)cc1. The normalized spacial score (nSPS) is 10.4. The fraction of sp³-hybridized carbons (Fsp3) is 0.118. The van der Waals surface area contributed by atoms with Gasteiger partial charge in [-0.3, -0.25) is 0 Å². The van der Waals surface area contributed by atoms with Crippen molar-refractivity contribution in [1.82, 2.24) is 15.0 Å². The van der Waals surface area contributed by atoms with Gasteiger partial charge in [-0.15, -0.1) is 5.10 Å². The van der Waals surface area contributed by atoms with Crippen LogP contribution in [0.15, 0.2) is 48.5 Å². The zero-order chi connectivity index (χ0) is 15.5. The highest BCUT2D eigenvalue weighted by Gasteiger charge is 2.17. The fourth-order valence-corrected chi connectivity index (χ4v) is 2.29. The van der Waals surface area contributed by atoms with E-state index < -0.39 is 5.82 Å². The molecule has 0 saturated heterocycles. The van der Waals surface area contributed by atoms with Gasteiger partial charge >= 0.3 is 0 Å². The molecule has 0 aliphatic heterocycles. The molecule has 4 nitrogen and oxygen atoms in total. The average Bonchev–Trinajstić information content (AvgIpc) is 2.93. The van der Waals surface area contributed by atoms with Crippen LogP contribution in [-0.4, -0.2) is 15.0 Å². The van der Waals surface area contributed by atoms with E-state index in [1.807, 2.05) is 37.3 Å². The molecule has 1 aromatic heterocycles. The van der Waals surface area contributed by atoms with Crippen LogP contribution in [0.2, 0.25) is 0 Å². The van der Waals surface area contributed by atoms with Crippen LogP contribution in [0.4, 0.5) is 4.39 Å². The van der Waals surface area contributed by atoms with Crippen LogP contribution in [0.3, 0.4) is 0 Å². The summed E-state index contributed by atoms with van der Waals surface area (Å²) in [4.78, 5) is 0. The Morgan fingerprint density at radius 1 is 1.14 bits per heavy atom. The summed E-state index contributed by atoms with van der Waals surface area (Å²) in [6.45, 7) is 2.44. The highest BCUT2D eigenvalue weighted by molar-refractivity contribution is 5.65. The Morgan fingerprint density at radius 3 is 2.55 bits per heavy atom. The zero-order valence-electron chi connectivity index (χ0n) is 12.0. The van der Waals surface area contributed by atoms with Crippen LogP contribution in [0.1, 0.15) is 16.8 Å². The molecule has 0 spiro atoms. The fourth-order valence-electron chi connectivity index (χ4n) is 2.29. The Bertz CT molecular complexity index is 844. The molecule has 0 N–H and O–H groups in total. The number of nitriles is 1. The van der Waals surface area contributed by atoms with Crippen molar-refractivity contribution in [2.45, 2.75) is 13.5 Å². The van der Waals surface area contributed by atoms with Crippen molar-refractivity contribution in [2.24, 2.45) is 0 Å². The maximum Gasteiger partial charge on any atom is 0.190 e. The molecule has 3 aromatic rings. The largest absolute Gasteiger partial charge is 0.239 e. The molecule has 0 fully saturated rings. The molecule has 22 heavy (non-hydrogen) atoms. The van der Waals surface area contributed by atoms with Crippen molar-refractivity contribution in [1.29, 1.82) is 5.26 Å². The summed E-state index contributed by atoms with van der Waals surface area (Å²) in [5, 5.41) is 17.0. The molecule has 108 valence electrons. The van der Waals surface area contributed by atoms with Crippen LogP contribution >= 0.6 is 0 Å². The summed E-state index contributed by atoms with van der Waals surface area (Å²) in [5.74, 6) is -0.397. The molecule has 0 radical (unpaired) electrons. The van der Waals surface area contributed by atoms with E-state index in [-0.39, 0.29) is 5.69 Å². The predicted molar refractivity (Wildman–Crippen MR) is 80.4 cm³/mol. The van der Waals surface area contributed by atoms with Gasteiger partial charge in [0.1, 0.15) is 17.6 Å². The maximum atomic E-state index is 14.1. The molecule has 0 saturated carbocycles. The highest BCUT2D eigenvalue weighted by Crippen LogP contribution is 2.25. The number of benzene rings is 2. The minimum absolute atomic E-state index is 0.122. The van der Waals surface area contributed by atoms with Crippen molar-refractivity contribution in [3.8, 4) is 17.3 Å². The van der Waals surface area contributed by atoms with Crippen LogP contribution in [-0.2, 0) is 6.54 Å². The second-order valence-corrected chi connectivity index (χ2v) is 5.02. The third kappa shape index (κ3) is 2.59. The van der Waals surface area contributed by atoms with Crippen LogP contribution in [0.25, 0.3) is 11.3 Å². The lowest BCUT2D eigenvalue weighted by Crippen LogP contribution is -2.05. The molecule has 0 amide bonds. The summed E-state index contributed by atoms with van der Waals surface area (Å²) in [7, 11) is 0. The molecule has 0 aliphatic rings. The maximum absolute atomic E-state index is 14.1. The molecular weight excluding hydrogens is 279 g/mol. The van der Waals surface area contributed by atoms with Gasteiger partial charge in [-0.05, 0) is 24.6 Å². The van der Waals surface area contributed by atoms with Crippen molar-refractivity contribution in [3.63, 3.8) is 0 Å². The minimum atomic E-state index is -0.397. The van der Waals surface area contributed by atoms with Crippen LogP contribution < -0.4 is 0 Å². The number of halogens is 1. The number of aryl methyl sites for hydroxylation is 1. The molecule has 0 unspecified atom stereocenters. The molecule has 1 heterocycles. The highest BCUT2D eigenvalue weighted by atomic mass is 19.1. The Balaban J connectivity index is 2.06. The van der Waals surface area contributed by atoms with Gasteiger partial charge in [-0.1, -0.05) is 47.2 Å². The molecular formula is C17H13FN4. The van der Waals surface area contributed by atoms with Gasteiger partial charge in [0.05, 0.1) is 6.54 Å². The molecule has 3 rings (SSSR count). The lowest BCUT2D eigenvalue weighted by atomic mass is 10.1. The van der Waals surface area contributed by atoms with Gasteiger partial charge in [0.2, 0.25) is 0 Å². The number of hydrogen-bond acceptors (Lipinski definition) is 3. The standard InChI is InChI=1S/C17H13FN4/c1-12-6-8-13(9-7-12)11-22-17(16(10-19)20-21-22)14-4-2-3-5-15(14)18/h2-9H,11H2,1H3. The third-order valence-corrected chi connectivity index (χ3v) is 3.42. The van der Waals surface area contributed by atoms with E-state index in [0.29, 0.717) is 17.8 Å². The van der Waals surface area contributed by atoms with E-state index in [2.05, 4.69) is 10.3 Å². The summed E-state index contributed by atoms with van der Waals surface area (Å²) in [6.07, 6.45) is 0. The van der Waals surface area contributed by atoms with Gasteiger partial charge in [-0.2, -0.15) is 5.26 Å². The summed E-state index contributed by atoms with van der Waals surface area (Å²) in [6, 6.07) is 16.3. The monoisotopic (exact) mass is 292 g/mol. The average molecular weight is 292 g/mol. The smallest absolute Gasteiger partial charge is 0.190 e. The first-order chi connectivity index (χ1) is 10.7. The topological polar surface area (TPSA) is 54.5 Å². The van der Waals surface area contributed by atoms with Crippen molar-refractivity contribution >= 4 is 0 Å². The Kier molecular flexibility index (Phi) is 3.67. The van der Waals surface area contributed by atoms with E-state index in [1.54, 1.807) is 22.9 Å². The van der Waals surface area contributed by atoms with Gasteiger partial charge in [0.15, 0.2) is 5.69 Å². The number of aromatic nitrogens is 3. The molecule has 2 aromatic carbocycles. The van der Waals surface area contributed by atoms with E-state index >= 15 is 0 Å². The Hall–Kier alpha value is -3.00. The quantitative estimate of drug-likeness (QED) is 0.744. The predicted octanol–water partition coefficient (Wildman–Crippen LogP) is 3.31. The van der Waals surface area contributed by atoms with E-state index in [1.165, 1.54) is 6.07 Å². The second kappa shape index (κ2) is 5.78.